The van der Waals surface area contributed by atoms with Gasteiger partial charge in [0.25, 0.3) is 0 Å². The van der Waals surface area contributed by atoms with Crippen molar-refractivity contribution in [1.82, 2.24) is 15.5 Å². The number of rotatable bonds is 9. The molecule has 5 nitrogen and oxygen atoms in total. The lowest BCUT2D eigenvalue weighted by atomic mass is 9.80. The third-order valence-electron chi connectivity index (χ3n) is 3.56. The first kappa shape index (κ1) is 14.5. The number of aryl methyl sites for hydroxylation is 1. The molecule has 1 heterocycles. The third kappa shape index (κ3) is 4.58. The van der Waals surface area contributed by atoms with Crippen LogP contribution in [0.1, 0.15) is 44.9 Å². The Bertz CT molecular complexity index is 361. The maximum absolute atomic E-state index is 5.67. The van der Waals surface area contributed by atoms with Gasteiger partial charge in [-0.2, -0.15) is 0 Å². The molecule has 108 valence electrons. The Morgan fingerprint density at radius 1 is 1.26 bits per heavy atom. The minimum atomic E-state index is 0.456. The molecule has 1 aromatic heterocycles. The van der Waals surface area contributed by atoms with E-state index in [1.165, 1.54) is 0 Å². The highest BCUT2D eigenvalue weighted by Gasteiger charge is 2.30. The van der Waals surface area contributed by atoms with E-state index in [9.17, 15) is 0 Å². The summed E-state index contributed by atoms with van der Waals surface area (Å²) in [5.41, 5.74) is 0. The van der Waals surface area contributed by atoms with Gasteiger partial charge < -0.3 is 14.5 Å². The van der Waals surface area contributed by atoms with Crippen LogP contribution in [-0.4, -0.2) is 36.0 Å². The van der Waals surface area contributed by atoms with Crippen LogP contribution < -0.4 is 5.32 Å². The maximum Gasteiger partial charge on any atom is 0.216 e. The van der Waals surface area contributed by atoms with Gasteiger partial charge in [0, 0.05) is 19.4 Å². The van der Waals surface area contributed by atoms with Gasteiger partial charge in [-0.15, -0.1) is 10.2 Å². The van der Waals surface area contributed by atoms with Crippen molar-refractivity contribution in [2.24, 2.45) is 5.92 Å². The zero-order valence-corrected chi connectivity index (χ0v) is 12.0. The molecule has 5 heteroatoms. The minimum absolute atomic E-state index is 0.456. The molecule has 0 radical (unpaired) electrons. The van der Waals surface area contributed by atoms with E-state index in [4.69, 9.17) is 9.15 Å². The SMILES string of the molecule is CCNCCCc1nnc(CC2CC(OCC)C2)o1. The zero-order chi connectivity index (χ0) is 13.5. The molecule has 1 aliphatic carbocycles. The molecule has 0 spiro atoms. The lowest BCUT2D eigenvalue weighted by Gasteiger charge is -2.33. The summed E-state index contributed by atoms with van der Waals surface area (Å²) in [7, 11) is 0. The number of nitrogens with zero attached hydrogens (tertiary/aromatic N) is 2. The molecule has 1 saturated carbocycles. The molecule has 19 heavy (non-hydrogen) atoms. The number of hydrogen-bond donors (Lipinski definition) is 1. The van der Waals surface area contributed by atoms with E-state index in [0.29, 0.717) is 12.0 Å². The maximum atomic E-state index is 5.67. The van der Waals surface area contributed by atoms with E-state index in [1.54, 1.807) is 0 Å². The molecule has 1 N–H and O–H groups in total. The first-order chi connectivity index (χ1) is 9.31. The van der Waals surface area contributed by atoms with Gasteiger partial charge in [0.05, 0.1) is 6.10 Å². The fourth-order valence-corrected chi connectivity index (χ4v) is 2.47. The van der Waals surface area contributed by atoms with Crippen molar-refractivity contribution in [3.05, 3.63) is 11.8 Å². The Hall–Kier alpha value is -0.940. The number of hydrogen-bond acceptors (Lipinski definition) is 5. The summed E-state index contributed by atoms with van der Waals surface area (Å²) in [6.45, 7) is 6.99. The monoisotopic (exact) mass is 267 g/mol. The van der Waals surface area contributed by atoms with Crippen molar-refractivity contribution in [2.45, 2.75) is 52.1 Å². The lowest BCUT2D eigenvalue weighted by Crippen LogP contribution is -2.32. The van der Waals surface area contributed by atoms with E-state index in [1.807, 2.05) is 6.92 Å². The van der Waals surface area contributed by atoms with Crippen molar-refractivity contribution in [1.29, 1.82) is 0 Å². The van der Waals surface area contributed by atoms with Crippen LogP contribution in [0.2, 0.25) is 0 Å². The lowest BCUT2D eigenvalue weighted by molar-refractivity contribution is -0.0255. The topological polar surface area (TPSA) is 60.2 Å². The Kier molecular flexibility index (Phi) is 5.79. The van der Waals surface area contributed by atoms with Crippen LogP contribution in [0.25, 0.3) is 0 Å². The van der Waals surface area contributed by atoms with Gasteiger partial charge in [-0.3, -0.25) is 0 Å². The standard InChI is InChI=1S/C14H25N3O2/c1-3-15-7-5-6-13-16-17-14(19-13)10-11-8-12(9-11)18-4-2/h11-12,15H,3-10H2,1-2H3. The second kappa shape index (κ2) is 7.60. The molecule has 0 aliphatic heterocycles. The molecular formula is C14H25N3O2. The van der Waals surface area contributed by atoms with E-state index >= 15 is 0 Å². The molecule has 1 fully saturated rings. The Morgan fingerprint density at radius 2 is 2.05 bits per heavy atom. The summed E-state index contributed by atoms with van der Waals surface area (Å²) in [4.78, 5) is 0. The van der Waals surface area contributed by atoms with Crippen LogP contribution in [-0.2, 0) is 17.6 Å². The quantitative estimate of drug-likeness (QED) is 0.693. The van der Waals surface area contributed by atoms with Gasteiger partial charge in [0.2, 0.25) is 11.8 Å². The number of aromatic nitrogens is 2. The molecule has 0 atom stereocenters. The van der Waals surface area contributed by atoms with Crippen LogP contribution in [0.5, 0.6) is 0 Å². The minimum Gasteiger partial charge on any atom is -0.425 e. The van der Waals surface area contributed by atoms with Crippen LogP contribution in [0.15, 0.2) is 4.42 Å². The Labute approximate surface area is 115 Å². The fourth-order valence-electron chi connectivity index (χ4n) is 2.47. The summed E-state index contributed by atoms with van der Waals surface area (Å²) < 4.78 is 11.2. The van der Waals surface area contributed by atoms with Crippen molar-refractivity contribution in [3.8, 4) is 0 Å². The van der Waals surface area contributed by atoms with E-state index in [0.717, 1.165) is 63.6 Å². The smallest absolute Gasteiger partial charge is 0.216 e. The normalized spacial score (nSPS) is 22.4. The molecule has 1 aliphatic rings. The molecule has 0 saturated heterocycles. The van der Waals surface area contributed by atoms with Gasteiger partial charge in [-0.1, -0.05) is 6.92 Å². The third-order valence-corrected chi connectivity index (χ3v) is 3.56. The second-order valence-electron chi connectivity index (χ2n) is 5.17. The molecule has 2 rings (SSSR count). The Balaban J connectivity index is 1.64. The average molecular weight is 267 g/mol. The van der Waals surface area contributed by atoms with Gasteiger partial charge in [0.1, 0.15) is 0 Å². The van der Waals surface area contributed by atoms with Crippen molar-refractivity contribution in [2.75, 3.05) is 19.7 Å². The summed E-state index contributed by atoms with van der Waals surface area (Å²) in [6, 6.07) is 0. The van der Waals surface area contributed by atoms with E-state index in [2.05, 4.69) is 22.4 Å². The summed E-state index contributed by atoms with van der Waals surface area (Å²) in [5.74, 6) is 2.22. The van der Waals surface area contributed by atoms with E-state index < -0.39 is 0 Å². The highest BCUT2D eigenvalue weighted by Crippen LogP contribution is 2.32. The predicted octanol–water partition coefficient (Wildman–Crippen LogP) is 1.97. The molecule has 0 amide bonds. The first-order valence-corrected chi connectivity index (χ1v) is 7.45. The zero-order valence-electron chi connectivity index (χ0n) is 12.0. The van der Waals surface area contributed by atoms with Gasteiger partial charge >= 0.3 is 0 Å². The molecular weight excluding hydrogens is 242 g/mol. The fraction of sp³-hybridized carbons (Fsp3) is 0.857. The second-order valence-corrected chi connectivity index (χ2v) is 5.17. The largest absolute Gasteiger partial charge is 0.425 e. The number of ether oxygens (including phenoxy) is 1. The van der Waals surface area contributed by atoms with Crippen LogP contribution in [0.4, 0.5) is 0 Å². The van der Waals surface area contributed by atoms with Crippen LogP contribution in [0, 0.1) is 5.92 Å². The van der Waals surface area contributed by atoms with Crippen LogP contribution >= 0.6 is 0 Å². The summed E-state index contributed by atoms with van der Waals surface area (Å²) in [5, 5.41) is 11.5. The molecule has 0 aromatic carbocycles. The predicted molar refractivity (Wildman–Crippen MR) is 73.0 cm³/mol. The Morgan fingerprint density at radius 3 is 2.79 bits per heavy atom. The first-order valence-electron chi connectivity index (χ1n) is 7.45. The highest BCUT2D eigenvalue weighted by atomic mass is 16.5. The van der Waals surface area contributed by atoms with Crippen molar-refractivity contribution >= 4 is 0 Å². The van der Waals surface area contributed by atoms with Gasteiger partial charge in [-0.25, -0.2) is 0 Å². The number of nitrogens with one attached hydrogen (secondary N) is 1. The summed E-state index contributed by atoms with van der Waals surface area (Å²) >= 11 is 0. The van der Waals surface area contributed by atoms with Gasteiger partial charge in [0.15, 0.2) is 0 Å². The van der Waals surface area contributed by atoms with Gasteiger partial charge in [-0.05, 0) is 45.2 Å². The van der Waals surface area contributed by atoms with Crippen molar-refractivity contribution < 1.29 is 9.15 Å². The average Bonchev–Trinajstić information content (AvgIpc) is 2.80. The molecule has 1 aromatic rings. The molecule has 0 unspecified atom stereocenters. The highest BCUT2D eigenvalue weighted by molar-refractivity contribution is 4.90. The molecule has 0 bridgehead atoms. The summed E-state index contributed by atoms with van der Waals surface area (Å²) in [6.07, 6.45) is 5.54. The van der Waals surface area contributed by atoms with Crippen molar-refractivity contribution in [3.63, 3.8) is 0 Å². The van der Waals surface area contributed by atoms with E-state index in [-0.39, 0.29) is 0 Å². The van der Waals surface area contributed by atoms with Crippen LogP contribution in [0.3, 0.4) is 0 Å².